The maximum absolute atomic E-state index is 12.9. The van der Waals surface area contributed by atoms with Crippen molar-refractivity contribution in [2.75, 3.05) is 0 Å². The Bertz CT molecular complexity index is 643. The lowest BCUT2D eigenvalue weighted by Crippen LogP contribution is -2.59. The van der Waals surface area contributed by atoms with Gasteiger partial charge in [0.1, 0.15) is 0 Å². The molecule has 0 aromatic heterocycles. The van der Waals surface area contributed by atoms with Gasteiger partial charge in [-0.15, -0.1) is 0 Å². The number of hydrogen-bond donors (Lipinski definition) is 3. The van der Waals surface area contributed by atoms with Crippen molar-refractivity contribution in [1.82, 2.24) is 10.6 Å². The van der Waals surface area contributed by atoms with Gasteiger partial charge in [-0.2, -0.15) is 0 Å². The number of amides is 3. The van der Waals surface area contributed by atoms with Gasteiger partial charge in [0, 0.05) is 6.04 Å². The third-order valence-electron chi connectivity index (χ3n) is 7.29. The van der Waals surface area contributed by atoms with Crippen molar-refractivity contribution in [3.8, 4) is 0 Å². The van der Waals surface area contributed by atoms with E-state index in [9.17, 15) is 19.5 Å². The monoisotopic (exact) mass is 392 g/mol. The Hall–Kier alpha value is -1.63. The SMILES string of the molecule is C[C@H](OC(=O)C12C[C@@H]3C[C@H](CC(O)(C3)C1)C2)C(=O)NC(=O)NC1CCCCC1. The minimum atomic E-state index is -1.03. The van der Waals surface area contributed by atoms with Gasteiger partial charge in [-0.05, 0) is 70.1 Å². The summed E-state index contributed by atoms with van der Waals surface area (Å²) in [7, 11) is 0. The molecule has 4 bridgehead atoms. The molecule has 0 unspecified atom stereocenters. The second kappa shape index (κ2) is 7.32. The van der Waals surface area contributed by atoms with E-state index >= 15 is 0 Å². The van der Waals surface area contributed by atoms with Gasteiger partial charge in [0.05, 0.1) is 11.0 Å². The third kappa shape index (κ3) is 3.91. The smallest absolute Gasteiger partial charge is 0.321 e. The summed E-state index contributed by atoms with van der Waals surface area (Å²) in [6.07, 6.45) is 8.72. The first-order valence-corrected chi connectivity index (χ1v) is 10.8. The standard InChI is InChI=1S/C21H32N2O5/c1-13(17(24)23-19(26)22-16-5-3-2-4-6-16)28-18(25)20-8-14-7-15(9-20)11-21(27,10-14)12-20/h13-16,27H,2-12H2,1H3,(H2,22,23,24,26)/t13-,14-,15-,20?,21?/m0/s1. The molecule has 0 aromatic rings. The summed E-state index contributed by atoms with van der Waals surface area (Å²) in [6.45, 7) is 1.50. The zero-order valence-corrected chi connectivity index (χ0v) is 16.7. The summed E-state index contributed by atoms with van der Waals surface area (Å²) in [5.74, 6) is -0.270. The van der Waals surface area contributed by atoms with Crippen LogP contribution in [-0.4, -0.2) is 40.8 Å². The number of hydrogen-bond acceptors (Lipinski definition) is 5. The second-order valence-electron chi connectivity index (χ2n) is 9.81. The number of aliphatic hydroxyl groups is 1. The van der Waals surface area contributed by atoms with Crippen LogP contribution in [0.4, 0.5) is 4.79 Å². The molecular formula is C21H32N2O5. The van der Waals surface area contributed by atoms with Gasteiger partial charge >= 0.3 is 12.0 Å². The van der Waals surface area contributed by atoms with Crippen LogP contribution in [0.5, 0.6) is 0 Å². The first kappa shape index (κ1) is 19.7. The summed E-state index contributed by atoms with van der Waals surface area (Å²) in [5, 5.41) is 15.9. The predicted molar refractivity (Wildman–Crippen MR) is 101 cm³/mol. The molecular weight excluding hydrogens is 360 g/mol. The Morgan fingerprint density at radius 2 is 1.68 bits per heavy atom. The van der Waals surface area contributed by atoms with Crippen molar-refractivity contribution in [2.24, 2.45) is 17.3 Å². The van der Waals surface area contributed by atoms with Gasteiger partial charge < -0.3 is 15.2 Å². The fourth-order valence-electron chi connectivity index (χ4n) is 6.47. The predicted octanol–water partition coefficient (Wildman–Crippen LogP) is 2.41. The zero-order valence-electron chi connectivity index (χ0n) is 16.7. The maximum Gasteiger partial charge on any atom is 0.321 e. The van der Waals surface area contributed by atoms with Crippen LogP contribution < -0.4 is 10.6 Å². The molecule has 3 atom stereocenters. The fourth-order valence-corrected chi connectivity index (χ4v) is 6.47. The van der Waals surface area contributed by atoms with Crippen LogP contribution in [0.2, 0.25) is 0 Å². The van der Waals surface area contributed by atoms with E-state index < -0.39 is 35.0 Å². The molecule has 0 heterocycles. The van der Waals surface area contributed by atoms with Gasteiger partial charge in [0.2, 0.25) is 0 Å². The van der Waals surface area contributed by atoms with Gasteiger partial charge in [0.15, 0.2) is 6.10 Å². The normalized spacial score (nSPS) is 37.9. The molecule has 5 rings (SSSR count). The average molecular weight is 392 g/mol. The molecule has 156 valence electrons. The van der Waals surface area contributed by atoms with Gasteiger partial charge in [0.25, 0.3) is 5.91 Å². The van der Waals surface area contributed by atoms with Crippen molar-refractivity contribution in [3.63, 3.8) is 0 Å². The van der Waals surface area contributed by atoms with E-state index in [1.54, 1.807) is 0 Å². The Morgan fingerprint density at radius 3 is 2.29 bits per heavy atom. The Morgan fingerprint density at radius 1 is 1.04 bits per heavy atom. The van der Waals surface area contributed by atoms with E-state index in [2.05, 4.69) is 10.6 Å². The number of carbonyl (C=O) groups is 3. The molecule has 5 saturated carbocycles. The van der Waals surface area contributed by atoms with Crippen molar-refractivity contribution < 1.29 is 24.2 Å². The first-order valence-electron chi connectivity index (χ1n) is 10.8. The van der Waals surface area contributed by atoms with Crippen LogP contribution >= 0.6 is 0 Å². The summed E-state index contributed by atoms with van der Waals surface area (Å²) in [6, 6.07) is -0.420. The summed E-state index contributed by atoms with van der Waals surface area (Å²) < 4.78 is 5.49. The van der Waals surface area contributed by atoms with Crippen LogP contribution in [0.3, 0.4) is 0 Å². The molecule has 0 aliphatic heterocycles. The Kier molecular flexibility index (Phi) is 5.14. The van der Waals surface area contributed by atoms with Crippen LogP contribution in [0, 0.1) is 17.3 Å². The van der Waals surface area contributed by atoms with Gasteiger partial charge in [-0.3, -0.25) is 14.9 Å². The zero-order chi connectivity index (χ0) is 19.9. The van der Waals surface area contributed by atoms with E-state index in [-0.39, 0.29) is 6.04 Å². The molecule has 0 spiro atoms. The van der Waals surface area contributed by atoms with Crippen molar-refractivity contribution in [3.05, 3.63) is 0 Å². The first-order chi connectivity index (χ1) is 13.3. The fraction of sp³-hybridized carbons (Fsp3) is 0.857. The molecule has 7 heteroatoms. The summed E-state index contributed by atoms with van der Waals surface area (Å²) in [4.78, 5) is 37.3. The van der Waals surface area contributed by atoms with Crippen LogP contribution in [0.15, 0.2) is 0 Å². The highest BCUT2D eigenvalue weighted by atomic mass is 16.5. The molecule has 3 N–H and O–H groups in total. The number of imide groups is 1. The highest BCUT2D eigenvalue weighted by Gasteiger charge is 2.61. The van der Waals surface area contributed by atoms with Gasteiger partial charge in [-0.1, -0.05) is 19.3 Å². The number of nitrogens with one attached hydrogen (secondary N) is 2. The Labute approximate surface area is 166 Å². The minimum absolute atomic E-state index is 0.104. The molecule has 3 amide bonds. The van der Waals surface area contributed by atoms with E-state index in [0.717, 1.165) is 57.8 Å². The molecule has 5 fully saturated rings. The molecule has 0 radical (unpaired) electrons. The average Bonchev–Trinajstić information content (AvgIpc) is 2.60. The van der Waals surface area contributed by atoms with Crippen molar-refractivity contribution in [1.29, 1.82) is 0 Å². The van der Waals surface area contributed by atoms with Crippen molar-refractivity contribution >= 4 is 17.9 Å². The van der Waals surface area contributed by atoms with E-state index in [0.29, 0.717) is 18.3 Å². The molecule has 7 nitrogen and oxygen atoms in total. The lowest BCUT2D eigenvalue weighted by Gasteiger charge is -2.58. The number of ether oxygens (including phenoxy) is 1. The number of rotatable bonds is 4. The number of esters is 1. The highest BCUT2D eigenvalue weighted by Crippen LogP contribution is 2.62. The third-order valence-corrected chi connectivity index (χ3v) is 7.29. The quantitative estimate of drug-likeness (QED) is 0.637. The van der Waals surface area contributed by atoms with E-state index in [4.69, 9.17) is 4.74 Å². The summed E-state index contributed by atoms with van der Waals surface area (Å²) >= 11 is 0. The second-order valence-corrected chi connectivity index (χ2v) is 9.81. The number of urea groups is 1. The molecule has 5 aliphatic carbocycles. The number of carbonyl (C=O) groups excluding carboxylic acids is 3. The van der Waals surface area contributed by atoms with E-state index in [1.165, 1.54) is 13.3 Å². The topological polar surface area (TPSA) is 105 Å². The summed E-state index contributed by atoms with van der Waals surface area (Å²) in [5.41, 5.74) is -1.42. The van der Waals surface area contributed by atoms with Gasteiger partial charge in [-0.25, -0.2) is 4.79 Å². The molecule has 0 saturated heterocycles. The van der Waals surface area contributed by atoms with Crippen LogP contribution in [-0.2, 0) is 14.3 Å². The lowest BCUT2D eigenvalue weighted by molar-refractivity contribution is -0.199. The van der Waals surface area contributed by atoms with Crippen molar-refractivity contribution in [2.45, 2.75) is 95.3 Å². The Balaban J connectivity index is 1.30. The van der Waals surface area contributed by atoms with Crippen LogP contribution in [0.1, 0.15) is 77.6 Å². The largest absolute Gasteiger partial charge is 0.452 e. The van der Waals surface area contributed by atoms with E-state index in [1.807, 2.05) is 0 Å². The maximum atomic E-state index is 12.9. The highest BCUT2D eigenvalue weighted by molar-refractivity contribution is 5.97. The molecule has 5 aliphatic rings. The lowest BCUT2D eigenvalue weighted by atomic mass is 9.48. The van der Waals surface area contributed by atoms with Crippen LogP contribution in [0.25, 0.3) is 0 Å². The molecule has 0 aromatic carbocycles. The molecule has 28 heavy (non-hydrogen) atoms. The minimum Gasteiger partial charge on any atom is -0.452 e.